The maximum atomic E-state index is 9.46. The summed E-state index contributed by atoms with van der Waals surface area (Å²) in [5, 5.41) is 9.46. The highest BCUT2D eigenvalue weighted by molar-refractivity contribution is 5.39. The summed E-state index contributed by atoms with van der Waals surface area (Å²) < 4.78 is 0. The minimum atomic E-state index is 0. The van der Waals surface area contributed by atoms with E-state index in [1.165, 1.54) is 68.1 Å². The Bertz CT molecular complexity index is 387. The molecule has 0 saturated carbocycles. The van der Waals surface area contributed by atoms with E-state index in [4.69, 9.17) is 0 Å². The molecule has 4 N–H and O–H groups in total. The molecule has 0 atom stereocenters. The molecule has 0 aliphatic rings. The number of aryl methyl sites for hydroxylation is 1. The fraction of sp³-hybridized carbons (Fsp3) is 0.684. The first kappa shape index (κ1) is 20.1. The Labute approximate surface area is 131 Å². The highest BCUT2D eigenvalue weighted by Crippen LogP contribution is 2.21. The summed E-state index contributed by atoms with van der Waals surface area (Å²) in [5.41, 5.74) is 5.23. The zero-order valence-electron chi connectivity index (χ0n) is 14.4. The van der Waals surface area contributed by atoms with Crippen molar-refractivity contribution in [3.8, 4) is 0 Å². The highest BCUT2D eigenvalue weighted by Gasteiger charge is 2.07. The van der Waals surface area contributed by atoms with E-state index >= 15 is 0 Å². The van der Waals surface area contributed by atoms with Crippen LogP contribution in [-0.4, -0.2) is 5.11 Å². The molecule has 0 aliphatic carbocycles. The van der Waals surface area contributed by atoms with E-state index in [9.17, 15) is 5.11 Å². The molecule has 1 aromatic rings. The van der Waals surface area contributed by atoms with Gasteiger partial charge in [0.05, 0.1) is 6.61 Å². The van der Waals surface area contributed by atoms with E-state index in [1.807, 2.05) is 0 Å². The maximum absolute atomic E-state index is 9.46. The molecule has 0 aliphatic heterocycles. The lowest BCUT2D eigenvalue weighted by molar-refractivity contribution is 0.280. The van der Waals surface area contributed by atoms with Gasteiger partial charge in [0, 0.05) is 0 Å². The van der Waals surface area contributed by atoms with E-state index in [0.29, 0.717) is 0 Å². The van der Waals surface area contributed by atoms with Crippen LogP contribution in [-0.2, 0) is 13.0 Å². The van der Waals surface area contributed by atoms with Crippen LogP contribution in [0.25, 0.3) is 0 Å². The van der Waals surface area contributed by atoms with E-state index in [1.54, 1.807) is 0 Å². The van der Waals surface area contributed by atoms with Crippen molar-refractivity contribution in [3.05, 3.63) is 34.4 Å². The lowest BCUT2D eigenvalue weighted by Gasteiger charge is -2.13. The normalized spacial score (nSPS) is 10.5. The minimum Gasteiger partial charge on any atom is -0.392 e. The largest absolute Gasteiger partial charge is 0.392 e. The summed E-state index contributed by atoms with van der Waals surface area (Å²) in [6, 6.07) is 4.21. The van der Waals surface area contributed by atoms with Crippen molar-refractivity contribution in [1.29, 1.82) is 0 Å². The van der Waals surface area contributed by atoms with Gasteiger partial charge in [0.15, 0.2) is 0 Å². The summed E-state index contributed by atoms with van der Waals surface area (Å²) in [7, 11) is 0. The molecular formula is C19H35NO. The second-order valence-electron chi connectivity index (χ2n) is 6.03. The second-order valence-corrected chi connectivity index (χ2v) is 6.03. The van der Waals surface area contributed by atoms with Crippen LogP contribution < -0.4 is 6.15 Å². The first-order chi connectivity index (χ1) is 9.70. The van der Waals surface area contributed by atoms with Gasteiger partial charge < -0.3 is 11.3 Å². The van der Waals surface area contributed by atoms with Crippen LogP contribution in [0.3, 0.4) is 0 Å². The van der Waals surface area contributed by atoms with E-state index in [2.05, 4.69) is 32.9 Å². The Hall–Kier alpha value is -0.860. The van der Waals surface area contributed by atoms with Gasteiger partial charge in [-0.15, -0.1) is 0 Å². The third-order valence-corrected chi connectivity index (χ3v) is 4.42. The molecule has 1 aromatic carbocycles. The molecule has 0 unspecified atom stereocenters. The third kappa shape index (κ3) is 7.10. The first-order valence-corrected chi connectivity index (χ1v) is 8.39. The lowest BCUT2D eigenvalue weighted by atomic mass is 9.93. The zero-order valence-corrected chi connectivity index (χ0v) is 14.4. The molecule has 2 heteroatoms. The van der Waals surface area contributed by atoms with Gasteiger partial charge in [0.25, 0.3) is 0 Å². The molecule has 0 aromatic heterocycles. The van der Waals surface area contributed by atoms with Gasteiger partial charge in [-0.25, -0.2) is 0 Å². The Morgan fingerprint density at radius 3 is 2.00 bits per heavy atom. The molecule has 21 heavy (non-hydrogen) atoms. The summed E-state index contributed by atoms with van der Waals surface area (Å²) in [6.45, 7) is 6.79. The van der Waals surface area contributed by atoms with Crippen LogP contribution >= 0.6 is 0 Å². The van der Waals surface area contributed by atoms with E-state index in [-0.39, 0.29) is 12.8 Å². The molecule has 0 heterocycles. The molecule has 0 bridgehead atoms. The Morgan fingerprint density at radius 1 is 0.857 bits per heavy atom. The maximum Gasteiger partial charge on any atom is 0.0684 e. The van der Waals surface area contributed by atoms with E-state index in [0.717, 1.165) is 12.0 Å². The van der Waals surface area contributed by atoms with Gasteiger partial charge in [-0.05, 0) is 48.9 Å². The van der Waals surface area contributed by atoms with E-state index < -0.39 is 0 Å². The Kier molecular flexibility index (Phi) is 11.3. The van der Waals surface area contributed by atoms with Gasteiger partial charge in [0.1, 0.15) is 0 Å². The standard InChI is InChI=1S/C19H32O.H3N/c1-4-5-6-7-8-9-10-11-12-19-17(3)16(2)13-14-18(19)15-20;/h13-14,20H,4-12,15H2,1-3H3;1H3. The highest BCUT2D eigenvalue weighted by atomic mass is 16.3. The minimum absolute atomic E-state index is 0. The molecule has 0 amide bonds. The monoisotopic (exact) mass is 293 g/mol. The second kappa shape index (κ2) is 11.8. The molecule has 2 nitrogen and oxygen atoms in total. The Morgan fingerprint density at radius 2 is 1.43 bits per heavy atom. The van der Waals surface area contributed by atoms with Crippen LogP contribution in [0.2, 0.25) is 0 Å². The summed E-state index contributed by atoms with van der Waals surface area (Å²) in [5.74, 6) is 0. The van der Waals surface area contributed by atoms with Crippen molar-refractivity contribution in [2.75, 3.05) is 0 Å². The number of rotatable bonds is 10. The van der Waals surface area contributed by atoms with Gasteiger partial charge in [-0.2, -0.15) is 0 Å². The average molecular weight is 293 g/mol. The number of aliphatic hydroxyl groups is 1. The van der Waals surface area contributed by atoms with Gasteiger partial charge in [0.2, 0.25) is 0 Å². The molecule has 122 valence electrons. The zero-order chi connectivity index (χ0) is 14.8. The molecule has 1 rings (SSSR count). The summed E-state index contributed by atoms with van der Waals surface area (Å²) in [4.78, 5) is 0. The fourth-order valence-electron chi connectivity index (χ4n) is 2.86. The number of benzene rings is 1. The molecule has 0 fully saturated rings. The SMILES string of the molecule is CCCCCCCCCCc1c(CO)ccc(C)c1C.N. The van der Waals surface area contributed by atoms with Crippen LogP contribution in [0, 0.1) is 13.8 Å². The van der Waals surface area contributed by atoms with Crippen LogP contribution in [0.4, 0.5) is 0 Å². The predicted molar refractivity (Wildman–Crippen MR) is 93.2 cm³/mol. The van der Waals surface area contributed by atoms with Crippen LogP contribution in [0.15, 0.2) is 12.1 Å². The molecular weight excluding hydrogens is 258 g/mol. The Balaban J connectivity index is 0.00000400. The number of unbranched alkanes of at least 4 members (excludes halogenated alkanes) is 7. The lowest BCUT2D eigenvalue weighted by Crippen LogP contribution is -2.00. The van der Waals surface area contributed by atoms with Crippen molar-refractivity contribution in [3.63, 3.8) is 0 Å². The predicted octanol–water partition coefficient (Wildman–Crippen LogP) is 5.64. The molecule has 0 radical (unpaired) electrons. The summed E-state index contributed by atoms with van der Waals surface area (Å²) >= 11 is 0. The van der Waals surface area contributed by atoms with Crippen molar-refractivity contribution < 1.29 is 5.11 Å². The molecule has 0 saturated heterocycles. The number of hydrogen-bond donors (Lipinski definition) is 2. The quantitative estimate of drug-likeness (QED) is 0.548. The molecule has 0 spiro atoms. The average Bonchev–Trinajstić information content (AvgIpc) is 2.46. The summed E-state index contributed by atoms with van der Waals surface area (Å²) in [6.07, 6.45) is 12.0. The number of aliphatic hydroxyl groups excluding tert-OH is 1. The number of hydrogen-bond acceptors (Lipinski definition) is 2. The third-order valence-electron chi connectivity index (χ3n) is 4.42. The fourth-order valence-corrected chi connectivity index (χ4v) is 2.86. The smallest absolute Gasteiger partial charge is 0.0684 e. The van der Waals surface area contributed by atoms with Gasteiger partial charge >= 0.3 is 0 Å². The first-order valence-electron chi connectivity index (χ1n) is 8.39. The van der Waals surface area contributed by atoms with Crippen LogP contribution in [0.1, 0.15) is 80.5 Å². The van der Waals surface area contributed by atoms with Crippen molar-refractivity contribution >= 4 is 0 Å². The van der Waals surface area contributed by atoms with Crippen molar-refractivity contribution in [2.45, 2.75) is 85.2 Å². The van der Waals surface area contributed by atoms with Crippen molar-refractivity contribution in [2.24, 2.45) is 0 Å². The van der Waals surface area contributed by atoms with Gasteiger partial charge in [-0.1, -0.05) is 64.0 Å². The topological polar surface area (TPSA) is 55.2 Å². The van der Waals surface area contributed by atoms with Crippen LogP contribution in [0.5, 0.6) is 0 Å². The van der Waals surface area contributed by atoms with Crippen molar-refractivity contribution in [1.82, 2.24) is 6.15 Å². The van der Waals surface area contributed by atoms with Gasteiger partial charge in [-0.3, -0.25) is 0 Å².